The van der Waals surface area contributed by atoms with Gasteiger partial charge in [0.15, 0.2) is 17.5 Å². The van der Waals surface area contributed by atoms with E-state index in [0.717, 1.165) is 12.1 Å². The Labute approximate surface area is 142 Å². The highest BCUT2D eigenvalue weighted by Gasteiger charge is 2.17. The lowest BCUT2D eigenvalue weighted by molar-refractivity contribution is -0.115. The summed E-state index contributed by atoms with van der Waals surface area (Å²) < 4.78 is 53.2. The zero-order valence-corrected chi connectivity index (χ0v) is 13.4. The molecule has 126 valence electrons. The first kappa shape index (κ1) is 17.9. The number of benzene rings is 2. The monoisotopic (exact) mass is 404 g/mol. The summed E-state index contributed by atoms with van der Waals surface area (Å²) in [6.45, 7) is -0.622. The molecule has 2 rings (SSSR count). The number of carbonyl (C=O) groups excluding carboxylic acids is 2. The largest absolute Gasteiger partial charge is 0.343 e. The van der Waals surface area contributed by atoms with Crippen molar-refractivity contribution in [2.24, 2.45) is 0 Å². The van der Waals surface area contributed by atoms with E-state index in [0.29, 0.717) is 10.5 Å². The third-order valence-corrected chi connectivity index (χ3v) is 3.39. The van der Waals surface area contributed by atoms with Gasteiger partial charge in [0.2, 0.25) is 5.91 Å². The molecule has 0 bridgehead atoms. The van der Waals surface area contributed by atoms with Gasteiger partial charge in [-0.1, -0.05) is 15.9 Å². The molecule has 0 fully saturated rings. The molecular formula is C15H9BrF4N2O2. The summed E-state index contributed by atoms with van der Waals surface area (Å²) in [6.07, 6.45) is 0. The Morgan fingerprint density at radius 3 is 2.33 bits per heavy atom. The first-order valence-corrected chi connectivity index (χ1v) is 7.25. The van der Waals surface area contributed by atoms with Gasteiger partial charge in [0.05, 0.1) is 17.8 Å². The maximum Gasteiger partial charge on any atom is 0.254 e. The molecular weight excluding hydrogens is 396 g/mol. The van der Waals surface area contributed by atoms with Crippen molar-refractivity contribution in [3.63, 3.8) is 0 Å². The van der Waals surface area contributed by atoms with Crippen LogP contribution in [-0.2, 0) is 4.79 Å². The zero-order chi connectivity index (χ0) is 17.9. The minimum Gasteiger partial charge on any atom is -0.343 e. The van der Waals surface area contributed by atoms with Crippen molar-refractivity contribution in [2.75, 3.05) is 11.9 Å². The molecule has 0 aromatic heterocycles. The first-order valence-electron chi connectivity index (χ1n) is 6.46. The van der Waals surface area contributed by atoms with Crippen LogP contribution in [-0.4, -0.2) is 18.4 Å². The molecule has 2 aromatic rings. The van der Waals surface area contributed by atoms with Crippen LogP contribution in [0.2, 0.25) is 0 Å². The Balaban J connectivity index is 2.00. The summed E-state index contributed by atoms with van der Waals surface area (Å²) in [5.74, 6) is -7.24. The molecule has 4 nitrogen and oxygen atoms in total. The molecule has 2 amide bonds. The number of amides is 2. The Kier molecular flexibility index (Phi) is 5.55. The van der Waals surface area contributed by atoms with E-state index in [2.05, 4.69) is 21.2 Å². The van der Waals surface area contributed by atoms with Gasteiger partial charge < -0.3 is 10.6 Å². The van der Waals surface area contributed by atoms with Crippen molar-refractivity contribution in [1.82, 2.24) is 5.32 Å². The van der Waals surface area contributed by atoms with Gasteiger partial charge >= 0.3 is 0 Å². The predicted molar refractivity (Wildman–Crippen MR) is 81.4 cm³/mol. The van der Waals surface area contributed by atoms with Crippen LogP contribution >= 0.6 is 15.9 Å². The van der Waals surface area contributed by atoms with Gasteiger partial charge in [-0.15, -0.1) is 0 Å². The standard InChI is InChI=1S/C15H9BrF4N2O2/c16-7-1-2-9(17)8(5-7)15(24)21-6-12(23)22-11-4-3-10(18)13(19)14(11)20/h1-5H,6H2,(H,21,24)(H,22,23). The fraction of sp³-hybridized carbons (Fsp3) is 0.0667. The molecule has 0 heterocycles. The molecule has 0 atom stereocenters. The molecule has 24 heavy (non-hydrogen) atoms. The summed E-state index contributed by atoms with van der Waals surface area (Å²) >= 11 is 3.08. The number of anilines is 1. The number of nitrogens with one attached hydrogen (secondary N) is 2. The summed E-state index contributed by atoms with van der Waals surface area (Å²) in [5.41, 5.74) is -0.877. The van der Waals surface area contributed by atoms with Crippen LogP contribution in [0.25, 0.3) is 0 Å². The Bertz CT molecular complexity index is 814. The Hall–Kier alpha value is -2.42. The Morgan fingerprint density at radius 1 is 0.958 bits per heavy atom. The highest BCUT2D eigenvalue weighted by molar-refractivity contribution is 9.10. The lowest BCUT2D eigenvalue weighted by Crippen LogP contribution is -2.33. The fourth-order valence-electron chi connectivity index (χ4n) is 1.74. The van der Waals surface area contributed by atoms with Gasteiger partial charge in [-0.05, 0) is 30.3 Å². The van der Waals surface area contributed by atoms with Crippen molar-refractivity contribution >= 4 is 33.4 Å². The highest BCUT2D eigenvalue weighted by Crippen LogP contribution is 2.19. The molecule has 0 saturated heterocycles. The van der Waals surface area contributed by atoms with Gasteiger partial charge in [0.1, 0.15) is 5.82 Å². The van der Waals surface area contributed by atoms with Crippen LogP contribution in [0, 0.1) is 23.3 Å². The topological polar surface area (TPSA) is 58.2 Å². The quantitative estimate of drug-likeness (QED) is 0.606. The summed E-state index contributed by atoms with van der Waals surface area (Å²) in [7, 11) is 0. The summed E-state index contributed by atoms with van der Waals surface area (Å²) in [5, 5.41) is 4.10. The average molecular weight is 405 g/mol. The van der Waals surface area contributed by atoms with Crippen LogP contribution < -0.4 is 10.6 Å². The van der Waals surface area contributed by atoms with E-state index in [1.54, 1.807) is 0 Å². The zero-order valence-electron chi connectivity index (χ0n) is 11.8. The molecule has 0 aliphatic carbocycles. The number of hydrogen-bond donors (Lipinski definition) is 2. The highest BCUT2D eigenvalue weighted by atomic mass is 79.9. The van der Waals surface area contributed by atoms with Gasteiger partial charge in [-0.25, -0.2) is 17.6 Å². The van der Waals surface area contributed by atoms with Crippen LogP contribution in [0.5, 0.6) is 0 Å². The Morgan fingerprint density at radius 2 is 1.62 bits per heavy atom. The second-order valence-electron chi connectivity index (χ2n) is 4.58. The van der Waals surface area contributed by atoms with Gasteiger partial charge in [-0.2, -0.15) is 0 Å². The van der Waals surface area contributed by atoms with Gasteiger partial charge in [-0.3, -0.25) is 9.59 Å². The van der Waals surface area contributed by atoms with E-state index in [1.165, 1.54) is 12.1 Å². The van der Waals surface area contributed by atoms with E-state index >= 15 is 0 Å². The van der Waals surface area contributed by atoms with Crippen LogP contribution in [0.15, 0.2) is 34.8 Å². The minimum atomic E-state index is -1.73. The van der Waals surface area contributed by atoms with Gasteiger partial charge in [0.25, 0.3) is 5.91 Å². The second-order valence-corrected chi connectivity index (χ2v) is 5.49. The van der Waals surface area contributed by atoms with E-state index in [9.17, 15) is 27.2 Å². The number of carbonyl (C=O) groups is 2. The molecule has 2 aromatic carbocycles. The minimum absolute atomic E-state index is 0.295. The average Bonchev–Trinajstić information content (AvgIpc) is 2.55. The first-order chi connectivity index (χ1) is 11.3. The number of rotatable bonds is 4. The van der Waals surface area contributed by atoms with Crippen molar-refractivity contribution < 1.29 is 27.2 Å². The molecule has 0 unspecified atom stereocenters. The normalized spacial score (nSPS) is 10.4. The maximum atomic E-state index is 13.5. The smallest absolute Gasteiger partial charge is 0.254 e. The van der Waals surface area contributed by atoms with Crippen molar-refractivity contribution in [3.05, 3.63) is 63.6 Å². The third kappa shape index (κ3) is 4.10. The number of halogens is 5. The maximum absolute atomic E-state index is 13.5. The van der Waals surface area contributed by atoms with Gasteiger partial charge in [0, 0.05) is 4.47 Å². The van der Waals surface area contributed by atoms with Crippen molar-refractivity contribution in [3.8, 4) is 0 Å². The van der Waals surface area contributed by atoms with Crippen LogP contribution in [0.4, 0.5) is 23.2 Å². The van der Waals surface area contributed by atoms with E-state index in [1.807, 2.05) is 5.32 Å². The van der Waals surface area contributed by atoms with E-state index in [-0.39, 0.29) is 5.56 Å². The molecule has 0 radical (unpaired) electrons. The molecule has 0 aliphatic rings. The third-order valence-electron chi connectivity index (χ3n) is 2.89. The molecule has 0 spiro atoms. The van der Waals surface area contributed by atoms with Crippen LogP contribution in [0.1, 0.15) is 10.4 Å². The van der Waals surface area contributed by atoms with E-state index in [4.69, 9.17) is 0 Å². The lowest BCUT2D eigenvalue weighted by Gasteiger charge is -2.09. The van der Waals surface area contributed by atoms with Crippen molar-refractivity contribution in [1.29, 1.82) is 0 Å². The number of hydrogen-bond acceptors (Lipinski definition) is 2. The van der Waals surface area contributed by atoms with Crippen LogP contribution in [0.3, 0.4) is 0 Å². The van der Waals surface area contributed by atoms with Crippen molar-refractivity contribution in [2.45, 2.75) is 0 Å². The lowest BCUT2D eigenvalue weighted by atomic mass is 10.2. The summed E-state index contributed by atoms with van der Waals surface area (Å²) in [4.78, 5) is 23.4. The van der Waals surface area contributed by atoms with E-state index < -0.39 is 47.3 Å². The molecule has 0 aliphatic heterocycles. The summed E-state index contributed by atoms with van der Waals surface area (Å²) in [6, 6.07) is 5.16. The molecule has 2 N–H and O–H groups in total. The fourth-order valence-corrected chi connectivity index (χ4v) is 2.11. The molecule has 0 saturated carbocycles. The molecule has 9 heteroatoms. The second kappa shape index (κ2) is 7.43. The SMILES string of the molecule is O=C(CNC(=O)c1cc(Br)ccc1F)Nc1ccc(F)c(F)c1F. The predicted octanol–water partition coefficient (Wildman–Crippen LogP) is 3.37.